The average molecular weight is 236 g/mol. The zero-order chi connectivity index (χ0) is 13.1. The highest BCUT2D eigenvalue weighted by Crippen LogP contribution is 2.22. The highest BCUT2D eigenvalue weighted by atomic mass is 16.1. The van der Waals surface area contributed by atoms with Crippen molar-refractivity contribution in [2.75, 3.05) is 17.6 Å². The second kappa shape index (κ2) is 5.03. The van der Waals surface area contributed by atoms with Gasteiger partial charge in [-0.25, -0.2) is 4.98 Å². The number of nitrogens with one attached hydrogen (secondary N) is 1. The molecule has 1 rings (SSSR count). The number of hydrogen-bond donors (Lipinski definition) is 3. The molecule has 0 aliphatic carbocycles. The largest absolute Gasteiger partial charge is 0.396 e. The summed E-state index contributed by atoms with van der Waals surface area (Å²) in [6.45, 7) is 7.16. The Morgan fingerprint density at radius 3 is 2.65 bits per heavy atom. The predicted molar refractivity (Wildman–Crippen MR) is 69.7 cm³/mol. The molecule has 0 unspecified atom stereocenters. The lowest BCUT2D eigenvalue weighted by atomic mass is 9.90. The summed E-state index contributed by atoms with van der Waals surface area (Å²) in [5.74, 6) is -0.0365. The van der Waals surface area contributed by atoms with E-state index < -0.39 is 5.91 Å². The van der Waals surface area contributed by atoms with E-state index in [0.717, 1.165) is 13.0 Å². The first kappa shape index (κ1) is 13.3. The van der Waals surface area contributed by atoms with E-state index in [-0.39, 0.29) is 11.1 Å². The number of aromatic nitrogens is 1. The van der Waals surface area contributed by atoms with Gasteiger partial charge >= 0.3 is 0 Å². The van der Waals surface area contributed by atoms with Gasteiger partial charge in [-0.2, -0.15) is 0 Å². The molecule has 5 heteroatoms. The van der Waals surface area contributed by atoms with Crippen LogP contribution < -0.4 is 16.8 Å². The third-order valence-electron chi connectivity index (χ3n) is 2.87. The molecular weight excluding hydrogens is 216 g/mol. The fourth-order valence-corrected chi connectivity index (χ4v) is 1.20. The molecule has 0 bridgehead atoms. The van der Waals surface area contributed by atoms with E-state index in [9.17, 15) is 4.79 Å². The second-order valence-corrected chi connectivity index (χ2v) is 4.87. The van der Waals surface area contributed by atoms with Gasteiger partial charge < -0.3 is 16.8 Å². The molecule has 1 aromatic rings. The van der Waals surface area contributed by atoms with Gasteiger partial charge in [-0.15, -0.1) is 0 Å². The second-order valence-electron chi connectivity index (χ2n) is 4.87. The number of primary amides is 1. The number of anilines is 2. The molecule has 0 aromatic carbocycles. The van der Waals surface area contributed by atoms with Crippen molar-refractivity contribution >= 4 is 17.4 Å². The van der Waals surface area contributed by atoms with Crippen LogP contribution >= 0.6 is 0 Å². The van der Waals surface area contributed by atoms with Gasteiger partial charge in [-0.1, -0.05) is 20.8 Å². The van der Waals surface area contributed by atoms with Crippen LogP contribution in [0.5, 0.6) is 0 Å². The fraction of sp³-hybridized carbons (Fsp3) is 0.500. The molecule has 17 heavy (non-hydrogen) atoms. The van der Waals surface area contributed by atoms with Crippen molar-refractivity contribution in [3.05, 3.63) is 17.8 Å². The van der Waals surface area contributed by atoms with E-state index in [0.29, 0.717) is 11.5 Å². The molecule has 94 valence electrons. The first-order valence-corrected chi connectivity index (χ1v) is 5.66. The van der Waals surface area contributed by atoms with Crippen molar-refractivity contribution in [2.24, 2.45) is 11.1 Å². The Hall–Kier alpha value is -1.78. The molecule has 0 spiro atoms. The van der Waals surface area contributed by atoms with Gasteiger partial charge in [0.05, 0.1) is 5.69 Å². The van der Waals surface area contributed by atoms with Crippen molar-refractivity contribution in [3.63, 3.8) is 0 Å². The summed E-state index contributed by atoms with van der Waals surface area (Å²) in [5, 5.41) is 3.16. The number of amides is 1. The van der Waals surface area contributed by atoms with Crippen LogP contribution in [0, 0.1) is 5.41 Å². The number of nitrogens with zero attached hydrogens (tertiary/aromatic N) is 1. The van der Waals surface area contributed by atoms with Crippen molar-refractivity contribution in [1.82, 2.24) is 4.98 Å². The topological polar surface area (TPSA) is 94.0 Å². The smallest absolute Gasteiger partial charge is 0.267 e. The van der Waals surface area contributed by atoms with Gasteiger partial charge in [0.25, 0.3) is 5.91 Å². The molecule has 0 saturated heterocycles. The van der Waals surface area contributed by atoms with Crippen molar-refractivity contribution in [3.8, 4) is 0 Å². The van der Waals surface area contributed by atoms with Crippen LogP contribution in [0.2, 0.25) is 0 Å². The Balaban J connectivity index is 2.83. The van der Waals surface area contributed by atoms with Crippen LogP contribution in [0.25, 0.3) is 0 Å². The monoisotopic (exact) mass is 236 g/mol. The van der Waals surface area contributed by atoms with Crippen LogP contribution in [-0.4, -0.2) is 17.4 Å². The lowest BCUT2D eigenvalue weighted by Gasteiger charge is -2.23. The number of carbonyl (C=O) groups excluding carboxylic acids is 1. The lowest BCUT2D eigenvalue weighted by molar-refractivity contribution is 0.0996. The number of pyridine rings is 1. The Labute approximate surface area is 102 Å². The summed E-state index contributed by atoms with van der Waals surface area (Å²) < 4.78 is 0. The van der Waals surface area contributed by atoms with Gasteiger partial charge in [-0.3, -0.25) is 4.79 Å². The lowest BCUT2D eigenvalue weighted by Crippen LogP contribution is -2.23. The molecule has 1 aromatic heterocycles. The van der Waals surface area contributed by atoms with Gasteiger partial charge in [0.2, 0.25) is 0 Å². The fourth-order valence-electron chi connectivity index (χ4n) is 1.20. The van der Waals surface area contributed by atoms with E-state index in [4.69, 9.17) is 11.5 Å². The van der Waals surface area contributed by atoms with E-state index >= 15 is 0 Å². The summed E-state index contributed by atoms with van der Waals surface area (Å²) in [5.41, 5.74) is 11.8. The molecular formula is C12H20N4O. The molecule has 1 amide bonds. The molecule has 0 aliphatic heterocycles. The molecule has 0 atom stereocenters. The first-order valence-electron chi connectivity index (χ1n) is 5.66. The summed E-state index contributed by atoms with van der Waals surface area (Å²) in [4.78, 5) is 15.1. The molecule has 0 radical (unpaired) electrons. The summed E-state index contributed by atoms with van der Waals surface area (Å²) in [6.07, 6.45) is 1.04. The summed E-state index contributed by atoms with van der Waals surface area (Å²) in [6, 6.07) is 3.15. The SMILES string of the molecule is CCC(C)(C)CNc1nc(C(N)=O)ccc1N. The van der Waals surface area contributed by atoms with Gasteiger partial charge in [-0.05, 0) is 24.0 Å². The molecule has 0 fully saturated rings. The number of nitrogen functional groups attached to an aromatic ring is 1. The van der Waals surface area contributed by atoms with Crippen molar-refractivity contribution in [1.29, 1.82) is 0 Å². The van der Waals surface area contributed by atoms with Crippen LogP contribution in [0.15, 0.2) is 12.1 Å². The summed E-state index contributed by atoms with van der Waals surface area (Å²) in [7, 11) is 0. The van der Waals surface area contributed by atoms with Crippen molar-refractivity contribution in [2.45, 2.75) is 27.2 Å². The van der Waals surface area contributed by atoms with Gasteiger partial charge in [0, 0.05) is 6.54 Å². The molecule has 5 N–H and O–H groups in total. The van der Waals surface area contributed by atoms with E-state index in [2.05, 4.69) is 31.1 Å². The average Bonchev–Trinajstić information content (AvgIpc) is 2.27. The minimum atomic E-state index is -0.553. The van der Waals surface area contributed by atoms with Crippen molar-refractivity contribution < 1.29 is 4.79 Å². The van der Waals surface area contributed by atoms with Crippen LogP contribution in [0.4, 0.5) is 11.5 Å². The molecule has 5 nitrogen and oxygen atoms in total. The van der Waals surface area contributed by atoms with Crippen LogP contribution in [0.1, 0.15) is 37.7 Å². The zero-order valence-corrected chi connectivity index (χ0v) is 10.6. The minimum absolute atomic E-state index is 0.150. The standard InChI is InChI=1S/C12H20N4O/c1-4-12(2,3)7-15-11-8(13)5-6-9(16-11)10(14)17/h5-6H,4,7,13H2,1-3H3,(H2,14,17)(H,15,16). The first-order chi connectivity index (χ1) is 7.85. The van der Waals surface area contributed by atoms with Gasteiger partial charge in [0.15, 0.2) is 0 Å². The Bertz CT molecular complexity index is 415. The Kier molecular flexibility index (Phi) is 3.93. The third-order valence-corrected chi connectivity index (χ3v) is 2.87. The summed E-state index contributed by atoms with van der Waals surface area (Å²) >= 11 is 0. The third kappa shape index (κ3) is 3.62. The minimum Gasteiger partial charge on any atom is -0.396 e. The molecule has 0 aliphatic rings. The number of hydrogen-bond acceptors (Lipinski definition) is 4. The predicted octanol–water partition coefficient (Wildman–Crippen LogP) is 1.61. The van der Waals surface area contributed by atoms with E-state index in [1.165, 1.54) is 6.07 Å². The maximum Gasteiger partial charge on any atom is 0.267 e. The quantitative estimate of drug-likeness (QED) is 0.724. The normalized spacial score (nSPS) is 11.2. The van der Waals surface area contributed by atoms with E-state index in [1.807, 2.05) is 0 Å². The number of rotatable bonds is 5. The molecule has 0 saturated carbocycles. The number of carbonyl (C=O) groups is 1. The maximum absolute atomic E-state index is 11.0. The van der Waals surface area contributed by atoms with Gasteiger partial charge in [0.1, 0.15) is 11.5 Å². The van der Waals surface area contributed by atoms with Crippen LogP contribution in [0.3, 0.4) is 0 Å². The number of nitrogens with two attached hydrogens (primary N) is 2. The zero-order valence-electron chi connectivity index (χ0n) is 10.6. The molecule has 1 heterocycles. The van der Waals surface area contributed by atoms with Crippen LogP contribution in [-0.2, 0) is 0 Å². The Morgan fingerprint density at radius 1 is 1.47 bits per heavy atom. The maximum atomic E-state index is 11.0. The van der Waals surface area contributed by atoms with E-state index in [1.54, 1.807) is 6.07 Å². The highest BCUT2D eigenvalue weighted by Gasteiger charge is 2.16. The Morgan fingerprint density at radius 2 is 2.12 bits per heavy atom. The highest BCUT2D eigenvalue weighted by molar-refractivity contribution is 5.91.